The minimum Gasteiger partial charge on any atom is -0.439 e. The van der Waals surface area contributed by atoms with Gasteiger partial charge in [0.1, 0.15) is 17.4 Å². The van der Waals surface area contributed by atoms with Gasteiger partial charge in [-0.15, -0.1) is 0 Å². The average Bonchev–Trinajstić information content (AvgIpc) is 3.32. The van der Waals surface area contributed by atoms with Crippen molar-refractivity contribution in [3.8, 4) is 11.6 Å². The standard InChI is InChI=1S/C16H18IN3O/c1-2-9-18-14-10-15(20-16(19-14)11-3-4-11)21-13-7-5-12(17)6-8-13/h5-8,10-11H,2-4,9H2,1H3,(H,18,19,20). The normalized spacial score (nSPS) is 14.0. The van der Waals surface area contributed by atoms with Crippen LogP contribution in [0.1, 0.15) is 37.9 Å². The molecule has 1 fully saturated rings. The largest absolute Gasteiger partial charge is 0.439 e. The smallest absolute Gasteiger partial charge is 0.224 e. The quantitative estimate of drug-likeness (QED) is 0.728. The molecule has 1 aliphatic carbocycles. The second-order valence-electron chi connectivity index (χ2n) is 5.21. The number of rotatable bonds is 6. The molecule has 1 aromatic heterocycles. The lowest BCUT2D eigenvalue weighted by Crippen LogP contribution is -2.05. The fourth-order valence-electron chi connectivity index (χ4n) is 1.99. The van der Waals surface area contributed by atoms with Gasteiger partial charge in [0.25, 0.3) is 0 Å². The van der Waals surface area contributed by atoms with Gasteiger partial charge in [-0.25, -0.2) is 4.98 Å². The number of ether oxygens (including phenoxy) is 1. The van der Waals surface area contributed by atoms with Crippen LogP contribution in [-0.2, 0) is 0 Å². The molecular formula is C16H18IN3O. The Kier molecular flexibility index (Phi) is 4.57. The third-order valence-electron chi connectivity index (χ3n) is 3.25. The molecule has 0 radical (unpaired) electrons. The lowest BCUT2D eigenvalue weighted by Gasteiger charge is -2.10. The van der Waals surface area contributed by atoms with E-state index < -0.39 is 0 Å². The highest BCUT2D eigenvalue weighted by Gasteiger charge is 2.27. The number of aromatic nitrogens is 2. The summed E-state index contributed by atoms with van der Waals surface area (Å²) in [6, 6.07) is 9.84. The first-order valence-corrected chi connectivity index (χ1v) is 8.38. The minimum atomic E-state index is 0.507. The summed E-state index contributed by atoms with van der Waals surface area (Å²) in [6.07, 6.45) is 3.43. The van der Waals surface area contributed by atoms with Crippen molar-refractivity contribution in [3.05, 3.63) is 39.7 Å². The highest BCUT2D eigenvalue weighted by Crippen LogP contribution is 2.39. The second kappa shape index (κ2) is 6.60. The molecule has 110 valence electrons. The number of nitrogens with one attached hydrogen (secondary N) is 1. The third kappa shape index (κ3) is 4.06. The van der Waals surface area contributed by atoms with E-state index in [1.165, 1.54) is 16.4 Å². The number of anilines is 1. The molecule has 1 N–H and O–H groups in total. The summed E-state index contributed by atoms with van der Waals surface area (Å²) >= 11 is 2.28. The molecule has 4 nitrogen and oxygen atoms in total. The van der Waals surface area contributed by atoms with E-state index in [4.69, 9.17) is 4.74 Å². The third-order valence-corrected chi connectivity index (χ3v) is 3.97. The summed E-state index contributed by atoms with van der Waals surface area (Å²) in [4.78, 5) is 9.13. The van der Waals surface area contributed by atoms with Crippen LogP contribution in [0.25, 0.3) is 0 Å². The number of nitrogens with zero attached hydrogens (tertiary/aromatic N) is 2. The maximum Gasteiger partial charge on any atom is 0.224 e. The van der Waals surface area contributed by atoms with Crippen LogP contribution in [0.2, 0.25) is 0 Å². The van der Waals surface area contributed by atoms with Crippen LogP contribution in [0, 0.1) is 3.57 Å². The van der Waals surface area contributed by atoms with Crippen LogP contribution in [0.5, 0.6) is 11.6 Å². The van der Waals surface area contributed by atoms with Gasteiger partial charge >= 0.3 is 0 Å². The zero-order chi connectivity index (χ0) is 14.7. The van der Waals surface area contributed by atoms with E-state index in [1.54, 1.807) is 0 Å². The summed E-state index contributed by atoms with van der Waals surface area (Å²) in [7, 11) is 0. The molecule has 1 aromatic carbocycles. The van der Waals surface area contributed by atoms with Crippen molar-refractivity contribution in [1.29, 1.82) is 0 Å². The van der Waals surface area contributed by atoms with Gasteiger partial charge < -0.3 is 10.1 Å². The lowest BCUT2D eigenvalue weighted by molar-refractivity contribution is 0.459. The van der Waals surface area contributed by atoms with Crippen molar-refractivity contribution in [2.45, 2.75) is 32.1 Å². The molecule has 2 aromatic rings. The van der Waals surface area contributed by atoms with Crippen molar-refractivity contribution in [1.82, 2.24) is 9.97 Å². The molecule has 0 amide bonds. The van der Waals surface area contributed by atoms with Gasteiger partial charge in [-0.05, 0) is 66.1 Å². The molecule has 1 saturated carbocycles. The summed E-state index contributed by atoms with van der Waals surface area (Å²) in [5, 5.41) is 3.32. The van der Waals surface area contributed by atoms with Crippen LogP contribution in [0.3, 0.4) is 0 Å². The number of hydrogen-bond donors (Lipinski definition) is 1. The Labute approximate surface area is 138 Å². The van der Waals surface area contributed by atoms with Crippen molar-refractivity contribution in [3.63, 3.8) is 0 Å². The Bertz CT molecular complexity index is 611. The van der Waals surface area contributed by atoms with E-state index in [9.17, 15) is 0 Å². The summed E-state index contributed by atoms with van der Waals surface area (Å²) in [5.41, 5.74) is 0. The first-order valence-electron chi connectivity index (χ1n) is 7.31. The van der Waals surface area contributed by atoms with Gasteiger partial charge in [0.05, 0.1) is 0 Å². The van der Waals surface area contributed by atoms with Crippen LogP contribution in [0.4, 0.5) is 5.82 Å². The fourth-order valence-corrected chi connectivity index (χ4v) is 2.35. The molecule has 0 unspecified atom stereocenters. The van der Waals surface area contributed by atoms with Crippen molar-refractivity contribution < 1.29 is 4.74 Å². The monoisotopic (exact) mass is 395 g/mol. The Morgan fingerprint density at radius 1 is 1.24 bits per heavy atom. The van der Waals surface area contributed by atoms with Gasteiger partial charge in [0.2, 0.25) is 5.88 Å². The molecule has 1 aliphatic rings. The second-order valence-corrected chi connectivity index (χ2v) is 6.45. The molecule has 0 saturated heterocycles. The zero-order valence-electron chi connectivity index (χ0n) is 12.0. The molecule has 0 bridgehead atoms. The minimum absolute atomic E-state index is 0.507. The predicted octanol–water partition coefficient (Wildman–Crippen LogP) is 4.57. The van der Waals surface area contributed by atoms with E-state index in [-0.39, 0.29) is 0 Å². The predicted molar refractivity (Wildman–Crippen MR) is 92.0 cm³/mol. The molecule has 5 heteroatoms. The van der Waals surface area contributed by atoms with E-state index >= 15 is 0 Å². The van der Waals surface area contributed by atoms with E-state index in [2.05, 4.69) is 44.8 Å². The highest BCUT2D eigenvalue weighted by atomic mass is 127. The van der Waals surface area contributed by atoms with E-state index in [1.807, 2.05) is 30.3 Å². The molecule has 0 aliphatic heterocycles. The molecule has 0 atom stereocenters. The van der Waals surface area contributed by atoms with Crippen molar-refractivity contribution in [2.75, 3.05) is 11.9 Å². The van der Waals surface area contributed by atoms with Crippen molar-refractivity contribution in [2.24, 2.45) is 0 Å². The van der Waals surface area contributed by atoms with E-state index in [0.717, 1.165) is 30.4 Å². The zero-order valence-corrected chi connectivity index (χ0v) is 14.1. The Morgan fingerprint density at radius 3 is 2.67 bits per heavy atom. The maximum absolute atomic E-state index is 5.88. The number of hydrogen-bond acceptors (Lipinski definition) is 4. The van der Waals surface area contributed by atoms with Gasteiger partial charge in [-0.1, -0.05) is 6.92 Å². The molecule has 1 heterocycles. The Balaban J connectivity index is 1.82. The average molecular weight is 395 g/mol. The Hall–Kier alpha value is -1.37. The summed E-state index contributed by atoms with van der Waals surface area (Å²) < 4.78 is 7.06. The van der Waals surface area contributed by atoms with Crippen LogP contribution >= 0.6 is 22.6 Å². The summed E-state index contributed by atoms with van der Waals surface area (Å²) in [6.45, 7) is 3.04. The number of halogens is 1. The van der Waals surface area contributed by atoms with Crippen LogP contribution < -0.4 is 10.1 Å². The van der Waals surface area contributed by atoms with Crippen molar-refractivity contribution >= 4 is 28.4 Å². The van der Waals surface area contributed by atoms with E-state index in [0.29, 0.717) is 11.8 Å². The lowest BCUT2D eigenvalue weighted by atomic mass is 10.3. The van der Waals surface area contributed by atoms with Gasteiger partial charge in [0.15, 0.2) is 0 Å². The topological polar surface area (TPSA) is 47.0 Å². The summed E-state index contributed by atoms with van der Waals surface area (Å²) in [5.74, 6) is 3.68. The van der Waals surface area contributed by atoms with Crippen LogP contribution in [0.15, 0.2) is 30.3 Å². The van der Waals surface area contributed by atoms with Gasteiger partial charge in [0, 0.05) is 22.1 Å². The number of benzene rings is 1. The first kappa shape index (κ1) is 14.6. The van der Waals surface area contributed by atoms with Gasteiger partial charge in [-0.3, -0.25) is 0 Å². The molecular weight excluding hydrogens is 377 g/mol. The maximum atomic E-state index is 5.88. The molecule has 0 spiro atoms. The first-order chi connectivity index (χ1) is 10.2. The molecule has 3 rings (SSSR count). The Morgan fingerprint density at radius 2 is 2.00 bits per heavy atom. The molecule has 21 heavy (non-hydrogen) atoms. The SMILES string of the molecule is CCCNc1cc(Oc2ccc(I)cc2)nc(C2CC2)n1. The highest BCUT2D eigenvalue weighted by molar-refractivity contribution is 14.1. The van der Waals surface area contributed by atoms with Gasteiger partial charge in [-0.2, -0.15) is 4.98 Å². The fraction of sp³-hybridized carbons (Fsp3) is 0.375. The van der Waals surface area contributed by atoms with Crippen LogP contribution in [-0.4, -0.2) is 16.5 Å².